The zero-order valence-electron chi connectivity index (χ0n) is 15.1. The minimum absolute atomic E-state index is 0.0703. The van der Waals surface area contributed by atoms with Gasteiger partial charge in [0, 0.05) is 25.6 Å². The first-order chi connectivity index (χ1) is 12.7. The molecule has 27 heavy (non-hydrogen) atoms. The second-order valence-electron chi connectivity index (χ2n) is 6.03. The van der Waals surface area contributed by atoms with Crippen LogP contribution in [0.4, 0.5) is 24.5 Å². The molecule has 0 aliphatic heterocycles. The molecule has 0 aliphatic carbocycles. The number of aryl methyl sites for hydroxylation is 1. The summed E-state index contributed by atoms with van der Waals surface area (Å²) in [6, 6.07) is 12.2. The molecular weight excluding hydrogens is 357 g/mol. The molecule has 0 unspecified atom stereocenters. The van der Waals surface area contributed by atoms with Crippen LogP contribution in [0.5, 0.6) is 0 Å². The fourth-order valence-electron chi connectivity index (χ4n) is 2.65. The van der Waals surface area contributed by atoms with Crippen molar-refractivity contribution in [2.45, 2.75) is 32.9 Å². The minimum atomic E-state index is -4.56. The molecular formula is C20H21F3N2O2. The first-order valence-corrected chi connectivity index (χ1v) is 8.55. The summed E-state index contributed by atoms with van der Waals surface area (Å²) in [4.78, 5) is 25.5. The monoisotopic (exact) mass is 378 g/mol. The number of benzene rings is 2. The fourth-order valence-corrected chi connectivity index (χ4v) is 2.65. The number of nitrogens with one attached hydrogen (secondary N) is 1. The lowest BCUT2D eigenvalue weighted by Crippen LogP contribution is -2.32. The van der Waals surface area contributed by atoms with Crippen molar-refractivity contribution in [2.75, 3.05) is 16.8 Å². The molecule has 0 atom stereocenters. The van der Waals surface area contributed by atoms with Gasteiger partial charge in [0.05, 0.1) is 11.3 Å². The number of hydrogen-bond acceptors (Lipinski definition) is 2. The predicted octanol–water partition coefficient (Wildman–Crippen LogP) is 4.65. The maximum absolute atomic E-state index is 13.0. The number of carbonyl (C=O) groups excluding carboxylic acids is 2. The number of carbonyl (C=O) groups is 2. The molecule has 0 aromatic heterocycles. The van der Waals surface area contributed by atoms with Crippen molar-refractivity contribution < 1.29 is 22.8 Å². The molecule has 4 nitrogen and oxygen atoms in total. The summed E-state index contributed by atoms with van der Waals surface area (Å²) in [7, 11) is 0. The number of para-hydroxylation sites is 1. The molecule has 2 aromatic rings. The number of nitrogens with zero attached hydrogens (tertiary/aromatic N) is 1. The predicted molar refractivity (Wildman–Crippen MR) is 98.5 cm³/mol. The molecule has 0 saturated carbocycles. The average Bonchev–Trinajstić information content (AvgIpc) is 2.61. The van der Waals surface area contributed by atoms with Crippen LogP contribution in [0.3, 0.4) is 0 Å². The summed E-state index contributed by atoms with van der Waals surface area (Å²) < 4.78 is 39.0. The van der Waals surface area contributed by atoms with Crippen LogP contribution in [0, 0.1) is 0 Å². The highest BCUT2D eigenvalue weighted by molar-refractivity contribution is 5.95. The van der Waals surface area contributed by atoms with Crippen molar-refractivity contribution in [2.24, 2.45) is 0 Å². The largest absolute Gasteiger partial charge is 0.418 e. The normalized spacial score (nSPS) is 11.1. The molecule has 2 rings (SSSR count). The second-order valence-corrected chi connectivity index (χ2v) is 6.03. The molecule has 0 spiro atoms. The molecule has 144 valence electrons. The van der Waals surface area contributed by atoms with Crippen molar-refractivity contribution in [1.82, 2.24) is 0 Å². The number of halogens is 3. The molecule has 0 fully saturated rings. The van der Waals surface area contributed by atoms with E-state index >= 15 is 0 Å². The zero-order valence-corrected chi connectivity index (χ0v) is 15.1. The highest BCUT2D eigenvalue weighted by atomic mass is 19.4. The number of anilines is 2. The first kappa shape index (κ1) is 20.5. The Morgan fingerprint density at radius 3 is 2.22 bits per heavy atom. The van der Waals surface area contributed by atoms with Crippen LogP contribution in [-0.2, 0) is 22.2 Å². The van der Waals surface area contributed by atoms with Gasteiger partial charge in [0.15, 0.2) is 0 Å². The molecule has 2 aromatic carbocycles. The first-order valence-electron chi connectivity index (χ1n) is 8.55. The third-order valence-corrected chi connectivity index (χ3v) is 4.11. The van der Waals surface area contributed by atoms with Gasteiger partial charge in [-0.05, 0) is 36.2 Å². The third kappa shape index (κ3) is 5.57. The van der Waals surface area contributed by atoms with Crippen LogP contribution in [0.1, 0.15) is 31.4 Å². The van der Waals surface area contributed by atoms with Gasteiger partial charge in [-0.25, -0.2) is 0 Å². The molecule has 0 saturated heterocycles. The third-order valence-electron chi connectivity index (χ3n) is 4.11. The zero-order chi connectivity index (χ0) is 20.0. The summed E-state index contributed by atoms with van der Waals surface area (Å²) in [5.41, 5.74) is 0.556. The van der Waals surface area contributed by atoms with E-state index in [1.54, 1.807) is 12.1 Å². The van der Waals surface area contributed by atoms with Crippen molar-refractivity contribution >= 4 is 23.2 Å². The van der Waals surface area contributed by atoms with Crippen molar-refractivity contribution in [3.63, 3.8) is 0 Å². The number of amides is 2. The van der Waals surface area contributed by atoms with E-state index in [0.29, 0.717) is 5.69 Å². The molecule has 0 bridgehead atoms. The van der Waals surface area contributed by atoms with Gasteiger partial charge in [0.2, 0.25) is 11.8 Å². The molecule has 2 amide bonds. The van der Waals surface area contributed by atoms with E-state index in [2.05, 4.69) is 5.32 Å². The minimum Gasteiger partial charge on any atom is -0.325 e. The van der Waals surface area contributed by atoms with Crippen LogP contribution in [0.15, 0.2) is 48.5 Å². The Labute approximate surface area is 156 Å². The van der Waals surface area contributed by atoms with Crippen molar-refractivity contribution in [1.29, 1.82) is 0 Å². The Balaban J connectivity index is 2.06. The lowest BCUT2D eigenvalue weighted by Gasteiger charge is -2.21. The topological polar surface area (TPSA) is 49.4 Å². The van der Waals surface area contributed by atoms with E-state index in [1.807, 2.05) is 19.1 Å². The Kier molecular flexibility index (Phi) is 6.60. The maximum Gasteiger partial charge on any atom is 0.418 e. The van der Waals surface area contributed by atoms with Gasteiger partial charge in [0.1, 0.15) is 0 Å². The van der Waals surface area contributed by atoms with Gasteiger partial charge in [-0.15, -0.1) is 0 Å². The van der Waals surface area contributed by atoms with E-state index in [9.17, 15) is 22.8 Å². The van der Waals surface area contributed by atoms with E-state index in [0.717, 1.165) is 18.1 Å². The van der Waals surface area contributed by atoms with Crippen LogP contribution >= 0.6 is 0 Å². The molecule has 0 radical (unpaired) electrons. The molecule has 0 aliphatic rings. The van der Waals surface area contributed by atoms with Crippen molar-refractivity contribution in [3.8, 4) is 0 Å². The Bertz CT molecular complexity index is 802. The molecule has 0 heterocycles. The SMILES string of the molecule is CCc1ccc(N(CCC(=O)Nc2ccccc2C(F)(F)F)C(C)=O)cc1. The number of hydrogen-bond donors (Lipinski definition) is 1. The maximum atomic E-state index is 13.0. The summed E-state index contributed by atoms with van der Waals surface area (Å²) in [5.74, 6) is -0.842. The van der Waals surface area contributed by atoms with Crippen LogP contribution in [0.25, 0.3) is 0 Å². The average molecular weight is 378 g/mol. The van der Waals surface area contributed by atoms with Crippen LogP contribution in [-0.4, -0.2) is 18.4 Å². The molecule has 1 N–H and O–H groups in total. The number of rotatable bonds is 6. The van der Waals surface area contributed by atoms with Gasteiger partial charge in [-0.2, -0.15) is 13.2 Å². The highest BCUT2D eigenvalue weighted by Crippen LogP contribution is 2.34. The van der Waals surface area contributed by atoms with Gasteiger partial charge in [-0.3, -0.25) is 9.59 Å². The van der Waals surface area contributed by atoms with Gasteiger partial charge < -0.3 is 10.2 Å². The van der Waals surface area contributed by atoms with E-state index in [1.165, 1.54) is 30.0 Å². The van der Waals surface area contributed by atoms with E-state index in [-0.39, 0.29) is 24.6 Å². The second kappa shape index (κ2) is 8.70. The van der Waals surface area contributed by atoms with Crippen LogP contribution in [0.2, 0.25) is 0 Å². The summed E-state index contributed by atoms with van der Waals surface area (Å²) in [6.45, 7) is 3.46. The quantitative estimate of drug-likeness (QED) is 0.796. The summed E-state index contributed by atoms with van der Waals surface area (Å²) >= 11 is 0. The smallest absolute Gasteiger partial charge is 0.325 e. The standard InChI is InChI=1S/C20H21F3N2O2/c1-3-15-8-10-16(11-9-15)25(14(2)26)13-12-19(27)24-18-7-5-4-6-17(18)20(21,22)23/h4-11H,3,12-13H2,1-2H3,(H,24,27). The van der Waals surface area contributed by atoms with Gasteiger partial charge in [-0.1, -0.05) is 31.2 Å². The Morgan fingerprint density at radius 1 is 1.04 bits per heavy atom. The number of alkyl halides is 3. The summed E-state index contributed by atoms with van der Waals surface area (Å²) in [5, 5.41) is 2.28. The van der Waals surface area contributed by atoms with Gasteiger partial charge >= 0.3 is 6.18 Å². The van der Waals surface area contributed by atoms with Crippen molar-refractivity contribution in [3.05, 3.63) is 59.7 Å². The molecule has 7 heteroatoms. The lowest BCUT2D eigenvalue weighted by atomic mass is 10.1. The fraction of sp³-hybridized carbons (Fsp3) is 0.300. The van der Waals surface area contributed by atoms with Crippen LogP contribution < -0.4 is 10.2 Å². The van der Waals surface area contributed by atoms with E-state index < -0.39 is 17.6 Å². The Morgan fingerprint density at radius 2 is 1.67 bits per heavy atom. The summed E-state index contributed by atoms with van der Waals surface area (Å²) in [6.07, 6.45) is -3.82. The van der Waals surface area contributed by atoms with Gasteiger partial charge in [0.25, 0.3) is 0 Å². The lowest BCUT2D eigenvalue weighted by molar-refractivity contribution is -0.137. The van der Waals surface area contributed by atoms with E-state index in [4.69, 9.17) is 0 Å². The highest BCUT2D eigenvalue weighted by Gasteiger charge is 2.33. The Hall–Kier alpha value is -2.83.